The predicted octanol–water partition coefficient (Wildman–Crippen LogP) is 1.88. The second-order valence-corrected chi connectivity index (χ2v) is 5.45. The number of carbonyl (C=O) groups is 1. The summed E-state index contributed by atoms with van der Waals surface area (Å²) in [4.78, 5) is 12.0. The maximum atomic E-state index is 12.0. The first-order valence-corrected chi connectivity index (χ1v) is 6.86. The van der Waals surface area contributed by atoms with E-state index in [1.807, 2.05) is 6.92 Å². The van der Waals surface area contributed by atoms with Gasteiger partial charge in [-0.05, 0) is 38.8 Å². The standard InChI is InChI=1S/C13H20ClN3O/c1-9-12(13(14)17(2)16-9)7-11(18)4-3-10-5-6-15-8-10/h10,15H,3-8H2,1-2H3. The zero-order valence-electron chi connectivity index (χ0n) is 11.0. The Bertz CT molecular complexity index is 436. The van der Waals surface area contributed by atoms with Gasteiger partial charge < -0.3 is 5.32 Å². The zero-order valence-corrected chi connectivity index (χ0v) is 11.8. The average molecular weight is 270 g/mol. The lowest BCUT2D eigenvalue weighted by atomic mass is 9.98. The fourth-order valence-electron chi connectivity index (χ4n) is 2.49. The van der Waals surface area contributed by atoms with Gasteiger partial charge in [-0.1, -0.05) is 11.6 Å². The van der Waals surface area contributed by atoms with Gasteiger partial charge >= 0.3 is 0 Å². The molecule has 1 aliphatic heterocycles. The summed E-state index contributed by atoms with van der Waals surface area (Å²) < 4.78 is 1.63. The number of Topliss-reactive ketones (excluding diaryl/α,β-unsaturated/α-hetero) is 1. The molecule has 1 aromatic rings. The Morgan fingerprint density at radius 1 is 1.61 bits per heavy atom. The largest absolute Gasteiger partial charge is 0.316 e. The van der Waals surface area contributed by atoms with E-state index in [1.54, 1.807) is 11.7 Å². The minimum Gasteiger partial charge on any atom is -0.316 e. The van der Waals surface area contributed by atoms with Crippen molar-refractivity contribution < 1.29 is 4.79 Å². The molecule has 0 bridgehead atoms. The molecule has 1 aliphatic rings. The molecule has 1 atom stereocenters. The van der Waals surface area contributed by atoms with E-state index in [2.05, 4.69) is 10.4 Å². The lowest BCUT2D eigenvalue weighted by Gasteiger charge is -2.07. The van der Waals surface area contributed by atoms with Gasteiger partial charge in [0.2, 0.25) is 0 Å². The van der Waals surface area contributed by atoms with E-state index in [0.717, 1.165) is 30.8 Å². The number of hydrogen-bond acceptors (Lipinski definition) is 3. The number of rotatable bonds is 5. The highest BCUT2D eigenvalue weighted by atomic mass is 35.5. The van der Waals surface area contributed by atoms with Crippen LogP contribution < -0.4 is 5.32 Å². The van der Waals surface area contributed by atoms with Crippen LogP contribution in [-0.2, 0) is 18.3 Å². The van der Waals surface area contributed by atoms with Crippen LogP contribution in [-0.4, -0.2) is 28.7 Å². The Kier molecular flexibility index (Phi) is 4.40. The van der Waals surface area contributed by atoms with Gasteiger partial charge in [0.15, 0.2) is 0 Å². The normalized spacial score (nSPS) is 19.4. The van der Waals surface area contributed by atoms with Crippen molar-refractivity contribution in [2.75, 3.05) is 13.1 Å². The fraction of sp³-hybridized carbons (Fsp3) is 0.692. The van der Waals surface area contributed by atoms with E-state index in [1.165, 1.54) is 6.42 Å². The van der Waals surface area contributed by atoms with Crippen LogP contribution in [0.3, 0.4) is 0 Å². The SMILES string of the molecule is Cc1nn(C)c(Cl)c1CC(=O)CCC1CCNC1. The minimum atomic E-state index is 0.264. The first-order valence-electron chi connectivity index (χ1n) is 6.48. The monoisotopic (exact) mass is 269 g/mol. The third kappa shape index (κ3) is 3.12. The van der Waals surface area contributed by atoms with E-state index in [9.17, 15) is 4.79 Å². The van der Waals surface area contributed by atoms with Crippen LogP contribution in [0.15, 0.2) is 0 Å². The molecule has 0 amide bonds. The molecule has 0 saturated carbocycles. The van der Waals surface area contributed by atoms with Gasteiger partial charge in [0, 0.05) is 25.5 Å². The number of nitrogens with one attached hydrogen (secondary N) is 1. The Morgan fingerprint density at radius 2 is 2.39 bits per heavy atom. The summed E-state index contributed by atoms with van der Waals surface area (Å²) >= 11 is 6.12. The Morgan fingerprint density at radius 3 is 2.94 bits per heavy atom. The molecule has 2 heterocycles. The third-order valence-electron chi connectivity index (χ3n) is 3.64. The number of aryl methyl sites for hydroxylation is 2. The lowest BCUT2D eigenvalue weighted by Crippen LogP contribution is -2.11. The summed E-state index contributed by atoms with van der Waals surface area (Å²) in [5.41, 5.74) is 1.74. The first kappa shape index (κ1) is 13.6. The van der Waals surface area contributed by atoms with Crippen LogP contribution in [0.2, 0.25) is 5.15 Å². The summed E-state index contributed by atoms with van der Waals surface area (Å²) in [7, 11) is 1.80. The minimum absolute atomic E-state index is 0.264. The second-order valence-electron chi connectivity index (χ2n) is 5.09. The molecule has 4 nitrogen and oxygen atoms in total. The molecule has 1 aromatic heterocycles. The second kappa shape index (κ2) is 5.85. The van der Waals surface area contributed by atoms with Crippen LogP contribution in [0.4, 0.5) is 0 Å². The van der Waals surface area contributed by atoms with Crippen LogP contribution in [0.5, 0.6) is 0 Å². The Hall–Kier alpha value is -0.870. The van der Waals surface area contributed by atoms with Crippen molar-refractivity contribution >= 4 is 17.4 Å². The quantitative estimate of drug-likeness (QED) is 0.888. The third-order valence-corrected chi connectivity index (χ3v) is 4.11. The highest BCUT2D eigenvalue weighted by Crippen LogP contribution is 2.21. The van der Waals surface area contributed by atoms with E-state index in [4.69, 9.17) is 11.6 Å². The van der Waals surface area contributed by atoms with Gasteiger partial charge in [0.1, 0.15) is 10.9 Å². The van der Waals surface area contributed by atoms with Crippen molar-refractivity contribution in [3.05, 3.63) is 16.4 Å². The zero-order chi connectivity index (χ0) is 13.1. The molecule has 0 aromatic carbocycles. The average Bonchev–Trinajstić information content (AvgIpc) is 2.92. The smallest absolute Gasteiger partial charge is 0.137 e. The number of nitrogens with zero attached hydrogens (tertiary/aromatic N) is 2. The highest BCUT2D eigenvalue weighted by Gasteiger charge is 2.18. The molecule has 1 fully saturated rings. The van der Waals surface area contributed by atoms with Crippen molar-refractivity contribution in [3.8, 4) is 0 Å². The van der Waals surface area contributed by atoms with Crippen LogP contribution in [0.1, 0.15) is 30.5 Å². The molecule has 0 aliphatic carbocycles. The van der Waals surface area contributed by atoms with Crippen LogP contribution in [0.25, 0.3) is 0 Å². The fourth-order valence-corrected chi connectivity index (χ4v) is 2.73. The number of ketones is 1. The number of carbonyl (C=O) groups excluding carboxylic acids is 1. The Labute approximate surface area is 113 Å². The molecular weight excluding hydrogens is 250 g/mol. The van der Waals surface area contributed by atoms with E-state index in [-0.39, 0.29) is 5.78 Å². The molecule has 1 N–H and O–H groups in total. The summed E-state index contributed by atoms with van der Waals surface area (Å²) in [6, 6.07) is 0. The summed E-state index contributed by atoms with van der Waals surface area (Å²) in [6.07, 6.45) is 3.25. The number of hydrogen-bond donors (Lipinski definition) is 1. The molecule has 100 valence electrons. The maximum absolute atomic E-state index is 12.0. The lowest BCUT2D eigenvalue weighted by molar-refractivity contribution is -0.118. The summed E-state index contributed by atoms with van der Waals surface area (Å²) in [5.74, 6) is 0.930. The topological polar surface area (TPSA) is 46.9 Å². The van der Waals surface area contributed by atoms with Crippen molar-refractivity contribution in [1.82, 2.24) is 15.1 Å². The molecule has 0 spiro atoms. The first-order chi connectivity index (χ1) is 8.58. The summed E-state index contributed by atoms with van der Waals surface area (Å²) in [6.45, 7) is 4.04. The van der Waals surface area contributed by atoms with Crippen LogP contribution in [0, 0.1) is 12.8 Å². The Balaban J connectivity index is 1.86. The summed E-state index contributed by atoms with van der Waals surface area (Å²) in [5, 5.41) is 8.13. The number of halogens is 1. The van der Waals surface area contributed by atoms with Crippen LogP contribution >= 0.6 is 11.6 Å². The molecule has 18 heavy (non-hydrogen) atoms. The predicted molar refractivity (Wildman–Crippen MR) is 71.9 cm³/mol. The van der Waals surface area contributed by atoms with Crippen molar-refractivity contribution in [3.63, 3.8) is 0 Å². The molecule has 1 saturated heterocycles. The van der Waals surface area contributed by atoms with Gasteiger partial charge in [-0.25, -0.2) is 0 Å². The molecule has 2 rings (SSSR count). The number of aromatic nitrogens is 2. The maximum Gasteiger partial charge on any atom is 0.137 e. The van der Waals surface area contributed by atoms with Gasteiger partial charge in [-0.2, -0.15) is 5.10 Å². The van der Waals surface area contributed by atoms with E-state index >= 15 is 0 Å². The van der Waals surface area contributed by atoms with E-state index in [0.29, 0.717) is 23.9 Å². The highest BCUT2D eigenvalue weighted by molar-refractivity contribution is 6.30. The molecule has 1 unspecified atom stereocenters. The van der Waals surface area contributed by atoms with Gasteiger partial charge in [-0.3, -0.25) is 9.48 Å². The van der Waals surface area contributed by atoms with Gasteiger partial charge in [0.25, 0.3) is 0 Å². The van der Waals surface area contributed by atoms with Gasteiger partial charge in [-0.15, -0.1) is 0 Å². The van der Waals surface area contributed by atoms with Gasteiger partial charge in [0.05, 0.1) is 5.69 Å². The molecule has 5 heteroatoms. The molecule has 0 radical (unpaired) electrons. The van der Waals surface area contributed by atoms with E-state index < -0.39 is 0 Å². The van der Waals surface area contributed by atoms with Crippen molar-refractivity contribution in [2.24, 2.45) is 13.0 Å². The van der Waals surface area contributed by atoms with Crippen molar-refractivity contribution in [2.45, 2.75) is 32.6 Å². The molecular formula is C13H20ClN3O. The van der Waals surface area contributed by atoms with Crippen molar-refractivity contribution in [1.29, 1.82) is 0 Å².